The predicted molar refractivity (Wildman–Crippen MR) is 96.9 cm³/mol. The van der Waals surface area contributed by atoms with Gasteiger partial charge < -0.3 is 4.98 Å². The number of aromatic amines is 1. The van der Waals surface area contributed by atoms with Crippen molar-refractivity contribution in [1.29, 1.82) is 0 Å². The van der Waals surface area contributed by atoms with Crippen LogP contribution in [-0.2, 0) is 0 Å². The summed E-state index contributed by atoms with van der Waals surface area (Å²) in [4.78, 5) is 22.5. The quantitative estimate of drug-likeness (QED) is 0.416. The molecular weight excluding hydrogens is 324 g/mol. The maximum atomic E-state index is 12.9. The van der Waals surface area contributed by atoms with Crippen LogP contribution in [0.2, 0.25) is 0 Å². The van der Waals surface area contributed by atoms with Gasteiger partial charge in [0.2, 0.25) is 5.78 Å². The lowest BCUT2D eigenvalue weighted by molar-refractivity contribution is 0.106. The van der Waals surface area contributed by atoms with Gasteiger partial charge >= 0.3 is 0 Å². The van der Waals surface area contributed by atoms with Crippen molar-refractivity contribution >= 4 is 51.1 Å². The van der Waals surface area contributed by atoms with E-state index in [0.717, 1.165) is 15.9 Å². The van der Waals surface area contributed by atoms with Crippen molar-refractivity contribution in [3.8, 4) is 0 Å². The molecule has 0 saturated carbocycles. The van der Waals surface area contributed by atoms with Gasteiger partial charge in [0.25, 0.3) is 0 Å². The second-order valence-corrected chi connectivity index (χ2v) is 6.91. The molecule has 0 aliphatic heterocycles. The van der Waals surface area contributed by atoms with Crippen molar-refractivity contribution < 1.29 is 4.79 Å². The molecule has 0 aliphatic carbocycles. The number of allylic oxidation sites excluding steroid dienone is 1. The molecule has 4 aromatic rings. The van der Waals surface area contributed by atoms with E-state index in [0.29, 0.717) is 16.3 Å². The fraction of sp³-hybridized carbons (Fsp3) is 0. The van der Waals surface area contributed by atoms with Crippen LogP contribution in [0.5, 0.6) is 0 Å². The Hall–Kier alpha value is -2.50. The number of nitrogens with one attached hydrogen (secondary N) is 1. The van der Waals surface area contributed by atoms with Crippen molar-refractivity contribution in [2.45, 2.75) is 0 Å². The summed E-state index contributed by atoms with van der Waals surface area (Å²) in [5, 5.41) is 3.91. The Kier molecular flexibility index (Phi) is 3.65. The number of ketones is 1. The molecule has 0 spiro atoms. The van der Waals surface area contributed by atoms with Gasteiger partial charge in [-0.15, -0.1) is 22.7 Å². The molecule has 23 heavy (non-hydrogen) atoms. The molecule has 0 saturated heterocycles. The number of carbonyl (C=O) groups excluding carboxylic acids is 1. The molecule has 0 fully saturated rings. The molecule has 3 aromatic heterocycles. The number of imidazole rings is 1. The lowest BCUT2D eigenvalue weighted by Gasteiger charge is -2.01. The first-order valence-electron chi connectivity index (χ1n) is 7.10. The summed E-state index contributed by atoms with van der Waals surface area (Å²) in [7, 11) is 0. The molecule has 1 N–H and O–H groups in total. The Balaban J connectivity index is 1.86. The van der Waals surface area contributed by atoms with Gasteiger partial charge in [-0.2, -0.15) is 0 Å². The van der Waals surface area contributed by atoms with Crippen LogP contribution in [0, 0.1) is 0 Å². The van der Waals surface area contributed by atoms with E-state index < -0.39 is 0 Å². The third kappa shape index (κ3) is 2.76. The highest BCUT2D eigenvalue weighted by Gasteiger charge is 2.19. The van der Waals surface area contributed by atoms with Gasteiger partial charge in [0.1, 0.15) is 5.82 Å². The zero-order chi connectivity index (χ0) is 15.6. The topological polar surface area (TPSA) is 45.8 Å². The normalized spacial score (nSPS) is 11.9. The zero-order valence-corrected chi connectivity index (χ0v) is 13.7. The summed E-state index contributed by atoms with van der Waals surface area (Å²) >= 11 is 3.05. The Morgan fingerprint density at radius 3 is 2.57 bits per heavy atom. The second-order valence-electron chi connectivity index (χ2n) is 4.98. The number of rotatable bonds is 4. The average Bonchev–Trinajstić information content (AvgIpc) is 3.32. The summed E-state index contributed by atoms with van der Waals surface area (Å²) in [5.41, 5.74) is 2.38. The number of carbonyl (C=O) groups is 1. The van der Waals surface area contributed by atoms with Crippen LogP contribution >= 0.6 is 22.7 Å². The maximum absolute atomic E-state index is 12.9. The van der Waals surface area contributed by atoms with E-state index in [4.69, 9.17) is 0 Å². The fourth-order valence-corrected chi connectivity index (χ4v) is 3.71. The SMILES string of the molecule is O=C(C(=Cc1cccs1)c1nc2ccccc2[nH]1)c1cccs1. The summed E-state index contributed by atoms with van der Waals surface area (Å²) < 4.78 is 0. The Labute approximate surface area is 141 Å². The van der Waals surface area contributed by atoms with Gasteiger partial charge in [0.15, 0.2) is 0 Å². The van der Waals surface area contributed by atoms with Gasteiger partial charge in [-0.3, -0.25) is 4.79 Å². The van der Waals surface area contributed by atoms with Gasteiger partial charge in [-0.05, 0) is 41.1 Å². The number of benzene rings is 1. The number of thiophene rings is 2. The molecule has 0 bridgehead atoms. The molecule has 5 heteroatoms. The highest BCUT2D eigenvalue weighted by atomic mass is 32.1. The molecule has 112 valence electrons. The molecule has 0 amide bonds. The van der Waals surface area contributed by atoms with E-state index in [1.54, 1.807) is 11.3 Å². The first-order valence-corrected chi connectivity index (χ1v) is 8.86. The minimum absolute atomic E-state index is 0.00699. The highest BCUT2D eigenvalue weighted by molar-refractivity contribution is 7.12. The molecule has 0 radical (unpaired) electrons. The van der Waals surface area contributed by atoms with Crippen LogP contribution in [0.1, 0.15) is 20.4 Å². The van der Waals surface area contributed by atoms with Crippen molar-refractivity contribution in [3.05, 3.63) is 74.9 Å². The van der Waals surface area contributed by atoms with Crippen LogP contribution in [-0.4, -0.2) is 15.8 Å². The van der Waals surface area contributed by atoms with Gasteiger partial charge in [-0.25, -0.2) is 4.98 Å². The number of aromatic nitrogens is 2. The third-order valence-corrected chi connectivity index (χ3v) is 5.15. The van der Waals surface area contributed by atoms with Crippen LogP contribution in [0.25, 0.3) is 22.7 Å². The largest absolute Gasteiger partial charge is 0.338 e. The zero-order valence-electron chi connectivity index (χ0n) is 12.0. The Morgan fingerprint density at radius 1 is 1.00 bits per heavy atom. The molecule has 3 heterocycles. The van der Waals surface area contributed by atoms with Crippen LogP contribution < -0.4 is 0 Å². The molecule has 3 nitrogen and oxygen atoms in total. The van der Waals surface area contributed by atoms with Gasteiger partial charge in [-0.1, -0.05) is 24.3 Å². The van der Waals surface area contributed by atoms with Gasteiger partial charge in [0.05, 0.1) is 21.5 Å². The predicted octanol–water partition coefficient (Wildman–Crippen LogP) is 5.11. The van der Waals surface area contributed by atoms with Crippen LogP contribution in [0.15, 0.2) is 59.3 Å². The average molecular weight is 336 g/mol. The van der Waals surface area contributed by atoms with Crippen LogP contribution in [0.4, 0.5) is 0 Å². The highest BCUT2D eigenvalue weighted by Crippen LogP contribution is 2.26. The molecular formula is C18H12N2OS2. The first kappa shape index (κ1) is 14.1. The van der Waals surface area contributed by atoms with Crippen molar-refractivity contribution in [1.82, 2.24) is 9.97 Å². The summed E-state index contributed by atoms with van der Waals surface area (Å²) in [5.74, 6) is 0.602. The van der Waals surface area contributed by atoms with E-state index in [1.807, 2.05) is 65.4 Å². The van der Waals surface area contributed by atoms with E-state index in [9.17, 15) is 4.79 Å². The summed E-state index contributed by atoms with van der Waals surface area (Å²) in [6, 6.07) is 15.5. The van der Waals surface area contributed by atoms with E-state index in [-0.39, 0.29) is 5.78 Å². The van der Waals surface area contributed by atoms with Crippen LogP contribution in [0.3, 0.4) is 0 Å². The lowest BCUT2D eigenvalue weighted by atomic mass is 10.1. The standard InChI is InChI=1S/C18H12N2OS2/c21-17(16-8-4-10-23-16)13(11-12-5-3-9-22-12)18-19-14-6-1-2-7-15(14)20-18/h1-11H,(H,19,20). The molecule has 4 rings (SSSR count). The number of para-hydroxylation sites is 2. The number of nitrogens with zero attached hydrogens (tertiary/aromatic N) is 1. The number of hydrogen-bond acceptors (Lipinski definition) is 4. The summed E-state index contributed by atoms with van der Waals surface area (Å²) in [6.07, 6.45) is 1.91. The Bertz CT molecular complexity index is 946. The number of Topliss-reactive ketones (excluding diaryl/α,β-unsaturated/α-hetero) is 1. The molecule has 0 aliphatic rings. The molecule has 0 atom stereocenters. The minimum Gasteiger partial charge on any atom is -0.338 e. The van der Waals surface area contributed by atoms with Crippen molar-refractivity contribution in [2.75, 3.05) is 0 Å². The Morgan fingerprint density at radius 2 is 1.83 bits per heavy atom. The number of fused-ring (bicyclic) bond motifs is 1. The third-order valence-electron chi connectivity index (χ3n) is 3.46. The monoisotopic (exact) mass is 336 g/mol. The number of hydrogen-bond donors (Lipinski definition) is 1. The minimum atomic E-state index is -0.00699. The van der Waals surface area contributed by atoms with E-state index in [1.165, 1.54) is 11.3 Å². The van der Waals surface area contributed by atoms with Crippen molar-refractivity contribution in [2.24, 2.45) is 0 Å². The fourth-order valence-electron chi connectivity index (χ4n) is 2.38. The van der Waals surface area contributed by atoms with E-state index >= 15 is 0 Å². The maximum Gasteiger partial charge on any atom is 0.206 e. The van der Waals surface area contributed by atoms with Crippen molar-refractivity contribution in [3.63, 3.8) is 0 Å². The first-order chi connectivity index (χ1) is 11.3. The molecule has 0 unspecified atom stereocenters. The lowest BCUT2D eigenvalue weighted by Crippen LogP contribution is -2.02. The second kappa shape index (κ2) is 5.95. The van der Waals surface area contributed by atoms with Gasteiger partial charge in [0, 0.05) is 4.88 Å². The summed E-state index contributed by atoms with van der Waals surface area (Å²) in [6.45, 7) is 0. The smallest absolute Gasteiger partial charge is 0.206 e. The molecule has 1 aromatic carbocycles. The van der Waals surface area contributed by atoms with E-state index in [2.05, 4.69) is 9.97 Å². The number of H-pyrrole nitrogens is 1.